The van der Waals surface area contributed by atoms with Crippen LogP contribution >= 0.6 is 0 Å². The molecule has 36 heavy (non-hydrogen) atoms. The Morgan fingerprint density at radius 3 is 2.69 bits per heavy atom. The van der Waals surface area contributed by atoms with Gasteiger partial charge >= 0.3 is 0 Å². The lowest BCUT2D eigenvalue weighted by atomic mass is 9.97. The second kappa shape index (κ2) is 10.8. The van der Waals surface area contributed by atoms with Crippen LogP contribution in [-0.2, 0) is 20.9 Å². The normalized spacial score (nSPS) is 12.6. The average Bonchev–Trinajstić information content (AvgIpc) is 3.28. The molecule has 2 aromatic heterocycles. The first-order valence-corrected chi connectivity index (χ1v) is 12.1. The van der Waals surface area contributed by atoms with E-state index >= 15 is 0 Å². The second-order valence-electron chi connectivity index (χ2n) is 9.40. The van der Waals surface area contributed by atoms with E-state index in [0.717, 1.165) is 22.8 Å². The number of nitrogens with zero attached hydrogens (tertiary/aromatic N) is 5. The van der Waals surface area contributed by atoms with E-state index in [4.69, 9.17) is 4.74 Å². The molecule has 0 radical (unpaired) electrons. The number of hydrogen-bond donors (Lipinski definition) is 1. The quantitative estimate of drug-likeness (QED) is 0.367. The number of rotatable bonds is 10. The Morgan fingerprint density at radius 2 is 1.92 bits per heavy atom. The third kappa shape index (κ3) is 5.52. The summed E-state index contributed by atoms with van der Waals surface area (Å²) in [6.45, 7) is 6.41. The van der Waals surface area contributed by atoms with Crippen molar-refractivity contribution >= 4 is 33.8 Å². The molecule has 1 unspecified atom stereocenters. The van der Waals surface area contributed by atoms with Gasteiger partial charge in [-0.15, -0.1) is 5.10 Å². The molecule has 0 saturated heterocycles. The Bertz CT molecular complexity index is 1370. The summed E-state index contributed by atoms with van der Waals surface area (Å²) in [7, 11) is 1.57. The zero-order valence-electron chi connectivity index (χ0n) is 21.1. The predicted molar refractivity (Wildman–Crippen MR) is 138 cm³/mol. The number of hydrogen-bond acceptors (Lipinski definition) is 6. The van der Waals surface area contributed by atoms with Crippen LogP contribution in [0.15, 0.2) is 60.8 Å². The standard InChI is InChI=1S/C27H32N6O3/c1-5-27(2,3)29-26(35)25(20-12-13-21-19(17-20)9-8-14-28-21)32(15-16-36-4)24(34)18-33-23-11-7-6-10-22(23)30-31-33/h6-14,17,25H,5,15-16,18H2,1-4H3,(H,29,35). The van der Waals surface area contributed by atoms with Crippen LogP contribution in [0.3, 0.4) is 0 Å². The molecule has 0 aliphatic rings. The van der Waals surface area contributed by atoms with Crippen LogP contribution < -0.4 is 5.32 Å². The molecule has 9 nitrogen and oxygen atoms in total. The lowest BCUT2D eigenvalue weighted by Gasteiger charge is -2.34. The highest BCUT2D eigenvalue weighted by atomic mass is 16.5. The number of methoxy groups -OCH3 is 1. The van der Waals surface area contributed by atoms with Crippen LogP contribution in [-0.4, -0.2) is 62.5 Å². The predicted octanol–water partition coefficient (Wildman–Crippen LogP) is 3.50. The van der Waals surface area contributed by atoms with E-state index in [-0.39, 0.29) is 31.5 Å². The highest BCUT2D eigenvalue weighted by Gasteiger charge is 2.34. The number of carbonyl (C=O) groups excluding carboxylic acids is 2. The van der Waals surface area contributed by atoms with Crippen molar-refractivity contribution in [2.45, 2.75) is 45.3 Å². The fourth-order valence-electron chi connectivity index (χ4n) is 4.07. The van der Waals surface area contributed by atoms with Crippen molar-refractivity contribution in [3.05, 3.63) is 66.4 Å². The van der Waals surface area contributed by atoms with Gasteiger partial charge in [0.2, 0.25) is 11.8 Å². The van der Waals surface area contributed by atoms with Crippen molar-refractivity contribution in [3.63, 3.8) is 0 Å². The molecule has 0 fully saturated rings. The molecule has 4 rings (SSSR count). The number of nitrogens with one attached hydrogen (secondary N) is 1. The number of aromatic nitrogens is 4. The summed E-state index contributed by atoms with van der Waals surface area (Å²) < 4.78 is 6.88. The van der Waals surface area contributed by atoms with Gasteiger partial charge in [-0.3, -0.25) is 14.6 Å². The van der Waals surface area contributed by atoms with Crippen LogP contribution in [0.5, 0.6) is 0 Å². The van der Waals surface area contributed by atoms with Gasteiger partial charge < -0.3 is 15.0 Å². The van der Waals surface area contributed by atoms with Crippen LogP contribution in [0, 0.1) is 0 Å². The van der Waals surface area contributed by atoms with Crippen molar-refractivity contribution in [1.29, 1.82) is 0 Å². The SMILES string of the molecule is CCC(C)(C)NC(=O)C(c1ccc2ncccc2c1)N(CCOC)C(=O)Cn1nnc2ccccc21. The average molecular weight is 489 g/mol. The number of pyridine rings is 1. The van der Waals surface area contributed by atoms with Crippen LogP contribution in [0.2, 0.25) is 0 Å². The maximum absolute atomic E-state index is 13.8. The van der Waals surface area contributed by atoms with Crippen molar-refractivity contribution < 1.29 is 14.3 Å². The second-order valence-corrected chi connectivity index (χ2v) is 9.40. The van der Waals surface area contributed by atoms with Gasteiger partial charge in [-0.05, 0) is 56.2 Å². The summed E-state index contributed by atoms with van der Waals surface area (Å²) in [5.74, 6) is -0.513. The van der Waals surface area contributed by atoms with E-state index in [1.807, 2.05) is 75.4 Å². The first-order valence-electron chi connectivity index (χ1n) is 12.1. The molecule has 1 atom stereocenters. The van der Waals surface area contributed by atoms with Gasteiger partial charge in [0.05, 0.1) is 17.6 Å². The van der Waals surface area contributed by atoms with Crippen molar-refractivity contribution in [2.24, 2.45) is 0 Å². The summed E-state index contributed by atoms with van der Waals surface area (Å²) >= 11 is 0. The molecule has 2 heterocycles. The fraction of sp³-hybridized carbons (Fsp3) is 0.370. The molecule has 1 N–H and O–H groups in total. The molecule has 0 bridgehead atoms. The van der Waals surface area contributed by atoms with E-state index in [9.17, 15) is 9.59 Å². The van der Waals surface area contributed by atoms with Crippen LogP contribution in [0.25, 0.3) is 21.9 Å². The van der Waals surface area contributed by atoms with Gasteiger partial charge in [-0.1, -0.05) is 36.4 Å². The van der Waals surface area contributed by atoms with E-state index < -0.39 is 11.6 Å². The number of ether oxygens (including phenoxy) is 1. The number of carbonyl (C=O) groups is 2. The fourth-order valence-corrected chi connectivity index (χ4v) is 4.07. The van der Waals surface area contributed by atoms with Crippen molar-refractivity contribution in [1.82, 2.24) is 30.2 Å². The molecule has 9 heteroatoms. The number of amides is 2. The Labute approximate surface area is 210 Å². The third-order valence-corrected chi connectivity index (χ3v) is 6.41. The largest absolute Gasteiger partial charge is 0.383 e. The van der Waals surface area contributed by atoms with Gasteiger partial charge in [0, 0.05) is 30.8 Å². The Morgan fingerprint density at radius 1 is 1.11 bits per heavy atom. The van der Waals surface area contributed by atoms with Gasteiger partial charge in [-0.25, -0.2) is 4.68 Å². The van der Waals surface area contributed by atoms with E-state index in [2.05, 4.69) is 20.6 Å². The zero-order chi connectivity index (χ0) is 25.7. The minimum atomic E-state index is -0.863. The molecule has 0 saturated carbocycles. The molecule has 188 valence electrons. The number of benzene rings is 2. The highest BCUT2D eigenvalue weighted by molar-refractivity contribution is 5.91. The summed E-state index contributed by atoms with van der Waals surface area (Å²) in [4.78, 5) is 33.5. The molecule has 2 amide bonds. The Kier molecular flexibility index (Phi) is 7.59. The van der Waals surface area contributed by atoms with Gasteiger partial charge in [0.15, 0.2) is 0 Å². The molecular weight excluding hydrogens is 456 g/mol. The minimum absolute atomic E-state index is 0.0552. The smallest absolute Gasteiger partial charge is 0.247 e. The Balaban J connectivity index is 1.74. The minimum Gasteiger partial charge on any atom is -0.383 e. The van der Waals surface area contributed by atoms with E-state index in [0.29, 0.717) is 11.1 Å². The lowest BCUT2D eigenvalue weighted by Crippen LogP contribution is -2.51. The van der Waals surface area contributed by atoms with E-state index in [1.165, 1.54) is 0 Å². The van der Waals surface area contributed by atoms with Gasteiger partial charge in [0.25, 0.3) is 0 Å². The third-order valence-electron chi connectivity index (χ3n) is 6.41. The number of fused-ring (bicyclic) bond motifs is 2. The van der Waals surface area contributed by atoms with Crippen molar-refractivity contribution in [2.75, 3.05) is 20.3 Å². The Hall–Kier alpha value is -3.85. The maximum atomic E-state index is 13.8. The number of para-hydroxylation sites is 1. The maximum Gasteiger partial charge on any atom is 0.247 e. The molecule has 0 spiro atoms. The first-order chi connectivity index (χ1) is 17.3. The monoisotopic (exact) mass is 488 g/mol. The summed E-state index contributed by atoms with van der Waals surface area (Å²) in [5, 5.41) is 12.3. The van der Waals surface area contributed by atoms with Crippen molar-refractivity contribution in [3.8, 4) is 0 Å². The molecule has 4 aromatic rings. The summed E-state index contributed by atoms with van der Waals surface area (Å²) in [5.41, 5.74) is 2.54. The van der Waals surface area contributed by atoms with Crippen LogP contribution in [0.4, 0.5) is 0 Å². The molecule has 2 aromatic carbocycles. The molecule has 0 aliphatic heterocycles. The summed E-state index contributed by atoms with van der Waals surface area (Å²) in [6, 6.07) is 16.0. The molecule has 0 aliphatic carbocycles. The van der Waals surface area contributed by atoms with Gasteiger partial charge in [0.1, 0.15) is 18.1 Å². The molecular formula is C27H32N6O3. The topological polar surface area (TPSA) is 102 Å². The highest BCUT2D eigenvalue weighted by Crippen LogP contribution is 2.26. The zero-order valence-corrected chi connectivity index (χ0v) is 21.1. The lowest BCUT2D eigenvalue weighted by molar-refractivity contribution is -0.142. The summed E-state index contributed by atoms with van der Waals surface area (Å²) in [6.07, 6.45) is 2.47. The van der Waals surface area contributed by atoms with Crippen LogP contribution in [0.1, 0.15) is 38.8 Å². The van der Waals surface area contributed by atoms with E-state index in [1.54, 1.807) is 22.9 Å². The van der Waals surface area contributed by atoms with Gasteiger partial charge in [-0.2, -0.15) is 0 Å². The first kappa shape index (κ1) is 25.2.